The van der Waals surface area contributed by atoms with Crippen LogP contribution in [0, 0.1) is 6.07 Å². The first-order chi connectivity index (χ1) is 31.2. The van der Waals surface area contributed by atoms with Gasteiger partial charge in [-0.1, -0.05) is 170 Å². The molecule has 0 bridgehead atoms. The second kappa shape index (κ2) is 17.9. The Labute approximate surface area is 385 Å². The normalized spacial score (nSPS) is 11.0. The molecule has 0 saturated heterocycles. The van der Waals surface area contributed by atoms with Gasteiger partial charge in [0, 0.05) is 59.5 Å². The fraction of sp³-hybridized carbons (Fsp3) is 0. The van der Waals surface area contributed by atoms with Gasteiger partial charge in [-0.15, -0.1) is 35.9 Å². The summed E-state index contributed by atoms with van der Waals surface area (Å²) < 4.78 is 2.35. The van der Waals surface area contributed by atoms with E-state index in [0.717, 1.165) is 56.4 Å². The molecule has 0 aliphatic heterocycles. The number of hydrogen-bond donors (Lipinski definition) is 0. The number of hydrogen-bond acceptors (Lipinski definition) is 3. The number of para-hydroxylation sites is 2. The molecular formula is C59H39IrN4-. The summed E-state index contributed by atoms with van der Waals surface area (Å²) in [6, 6.07) is 83.5. The van der Waals surface area contributed by atoms with Gasteiger partial charge < -0.3 is 9.55 Å². The molecule has 0 spiro atoms. The van der Waals surface area contributed by atoms with Crippen molar-refractivity contribution in [3.8, 4) is 62.0 Å². The Morgan fingerprint density at radius 3 is 1.62 bits per heavy atom. The first kappa shape index (κ1) is 40.3. The molecule has 64 heavy (non-hydrogen) atoms. The van der Waals surface area contributed by atoms with Gasteiger partial charge in [0.05, 0.1) is 22.4 Å². The molecule has 0 aliphatic carbocycles. The van der Waals surface area contributed by atoms with Gasteiger partial charge in [0.1, 0.15) is 0 Å². The first-order valence-corrected chi connectivity index (χ1v) is 21.2. The minimum absolute atomic E-state index is 0. The van der Waals surface area contributed by atoms with Crippen LogP contribution in [0.15, 0.2) is 237 Å². The molecule has 12 rings (SSSR count). The second-order valence-electron chi connectivity index (χ2n) is 15.5. The Morgan fingerprint density at radius 1 is 0.391 bits per heavy atom. The molecule has 3 heterocycles. The van der Waals surface area contributed by atoms with Gasteiger partial charge in [-0.2, -0.15) is 0 Å². The molecule has 0 amide bonds. The van der Waals surface area contributed by atoms with Crippen molar-refractivity contribution in [2.24, 2.45) is 0 Å². The van der Waals surface area contributed by atoms with Crippen LogP contribution in [0.25, 0.3) is 105 Å². The Bertz CT molecular complexity index is 3480. The molecule has 305 valence electrons. The number of pyridine rings is 1. The first-order valence-electron chi connectivity index (χ1n) is 21.2. The number of fused-ring (bicyclic) bond motifs is 5. The molecule has 4 nitrogen and oxygen atoms in total. The van der Waals surface area contributed by atoms with Gasteiger partial charge in [0.2, 0.25) is 0 Å². The number of aromatic nitrogens is 4. The van der Waals surface area contributed by atoms with Crippen LogP contribution >= 0.6 is 0 Å². The molecule has 9 aromatic carbocycles. The smallest absolute Gasteiger partial charge is 0.160 e. The van der Waals surface area contributed by atoms with Crippen molar-refractivity contribution < 1.29 is 20.1 Å². The van der Waals surface area contributed by atoms with Crippen LogP contribution < -0.4 is 0 Å². The average molecular weight is 996 g/mol. The summed E-state index contributed by atoms with van der Waals surface area (Å²) in [5, 5.41) is 7.30. The van der Waals surface area contributed by atoms with E-state index in [1.54, 1.807) is 0 Å². The molecule has 0 saturated carbocycles. The maximum Gasteiger partial charge on any atom is 0.160 e. The fourth-order valence-corrected chi connectivity index (χ4v) is 8.61. The molecular weight excluding hydrogens is 957 g/mol. The van der Waals surface area contributed by atoms with Crippen LogP contribution in [0.5, 0.6) is 0 Å². The summed E-state index contributed by atoms with van der Waals surface area (Å²) in [4.78, 5) is 14.6. The molecule has 0 aliphatic rings. The number of nitrogens with zero attached hydrogens (tertiary/aromatic N) is 4. The summed E-state index contributed by atoms with van der Waals surface area (Å²) in [5.41, 5.74) is 12.9. The average Bonchev–Trinajstić information content (AvgIpc) is 3.71. The van der Waals surface area contributed by atoms with E-state index in [0.29, 0.717) is 0 Å². The molecule has 12 aromatic rings. The van der Waals surface area contributed by atoms with Gasteiger partial charge in [-0.25, -0.2) is 9.97 Å². The van der Waals surface area contributed by atoms with Crippen molar-refractivity contribution in [3.05, 3.63) is 243 Å². The number of rotatable bonds is 6. The van der Waals surface area contributed by atoms with E-state index in [4.69, 9.17) is 9.97 Å². The minimum Gasteiger partial charge on any atom is -0.309 e. The fourth-order valence-electron chi connectivity index (χ4n) is 8.61. The third-order valence-electron chi connectivity index (χ3n) is 11.7. The Balaban J connectivity index is 0.000000240. The summed E-state index contributed by atoms with van der Waals surface area (Å²) in [6.45, 7) is 0. The predicted molar refractivity (Wildman–Crippen MR) is 262 cm³/mol. The van der Waals surface area contributed by atoms with Gasteiger partial charge in [-0.05, 0) is 74.8 Å². The van der Waals surface area contributed by atoms with E-state index in [1.807, 2.05) is 66.9 Å². The summed E-state index contributed by atoms with van der Waals surface area (Å²) in [5.74, 6) is 0.718. The second-order valence-corrected chi connectivity index (χ2v) is 15.5. The Hall–Kier alpha value is -7.82. The number of benzene rings is 9. The van der Waals surface area contributed by atoms with Gasteiger partial charge >= 0.3 is 0 Å². The molecule has 0 fully saturated rings. The topological polar surface area (TPSA) is 43.6 Å². The predicted octanol–water partition coefficient (Wildman–Crippen LogP) is 15.1. The van der Waals surface area contributed by atoms with Crippen molar-refractivity contribution in [1.29, 1.82) is 0 Å². The van der Waals surface area contributed by atoms with Crippen LogP contribution in [0.4, 0.5) is 0 Å². The Morgan fingerprint density at radius 2 is 0.938 bits per heavy atom. The van der Waals surface area contributed by atoms with Crippen LogP contribution in [-0.2, 0) is 20.1 Å². The van der Waals surface area contributed by atoms with Crippen LogP contribution in [0.1, 0.15) is 0 Å². The minimum atomic E-state index is 0. The summed E-state index contributed by atoms with van der Waals surface area (Å²) in [7, 11) is 0. The zero-order valence-electron chi connectivity index (χ0n) is 34.6. The molecule has 0 unspecified atom stereocenters. The third-order valence-corrected chi connectivity index (χ3v) is 11.7. The molecule has 0 atom stereocenters. The van der Waals surface area contributed by atoms with E-state index in [9.17, 15) is 0 Å². The van der Waals surface area contributed by atoms with E-state index in [2.05, 4.69) is 185 Å². The zero-order valence-corrected chi connectivity index (χ0v) is 37.0. The van der Waals surface area contributed by atoms with Crippen LogP contribution in [0.2, 0.25) is 0 Å². The molecule has 0 N–H and O–H groups in total. The summed E-state index contributed by atoms with van der Waals surface area (Å²) >= 11 is 0. The Kier molecular flexibility index (Phi) is 11.2. The zero-order chi connectivity index (χ0) is 42.0. The third kappa shape index (κ3) is 7.80. The van der Waals surface area contributed by atoms with Gasteiger partial charge in [0.25, 0.3) is 0 Å². The van der Waals surface area contributed by atoms with Gasteiger partial charge in [0.15, 0.2) is 5.82 Å². The largest absolute Gasteiger partial charge is 0.309 e. The standard InChI is InChI=1S/C44H29N3.C15H10N.Ir/c1-2-12-34(13-3-1)44-45-40(29-41(46-44)37-18-10-14-32-11-4-5-15-36(32)37)33-23-21-30(22-24-33)31-25-27-35(28-26-31)47-42-19-8-6-16-38(42)39-17-7-9-20-43(39)47;1-2-7-13(8-3-1)15-14-9-5-4-6-12(14)10-11-16-15;/h1-29H;1-7,9-11H;/q;-1;. The molecule has 1 radical (unpaired) electrons. The van der Waals surface area contributed by atoms with E-state index in [1.165, 1.54) is 48.9 Å². The van der Waals surface area contributed by atoms with E-state index in [-0.39, 0.29) is 20.1 Å². The van der Waals surface area contributed by atoms with Crippen molar-refractivity contribution in [2.75, 3.05) is 0 Å². The van der Waals surface area contributed by atoms with Crippen molar-refractivity contribution >= 4 is 43.4 Å². The maximum atomic E-state index is 5.07. The molecule has 5 heteroatoms. The van der Waals surface area contributed by atoms with Crippen molar-refractivity contribution in [2.45, 2.75) is 0 Å². The van der Waals surface area contributed by atoms with E-state index < -0.39 is 0 Å². The van der Waals surface area contributed by atoms with E-state index >= 15 is 0 Å². The van der Waals surface area contributed by atoms with Crippen LogP contribution in [0.3, 0.4) is 0 Å². The van der Waals surface area contributed by atoms with Gasteiger partial charge in [-0.3, -0.25) is 0 Å². The van der Waals surface area contributed by atoms with Crippen LogP contribution in [-0.4, -0.2) is 19.5 Å². The maximum absolute atomic E-state index is 5.07. The monoisotopic (exact) mass is 996 g/mol. The van der Waals surface area contributed by atoms with Crippen molar-refractivity contribution in [1.82, 2.24) is 19.5 Å². The molecule has 3 aromatic heterocycles. The SMILES string of the molecule is [Ir].[c-]1ccccc1-c1nccc2ccccc12.c1ccc(-c2nc(-c3ccc(-c4ccc(-n5c6ccccc6c6ccccc65)cc4)cc3)cc(-c3cccc4ccccc34)n2)cc1. The summed E-state index contributed by atoms with van der Waals surface area (Å²) in [6.07, 6.45) is 1.85. The quantitative estimate of drug-likeness (QED) is 0.156. The van der Waals surface area contributed by atoms with Crippen molar-refractivity contribution in [3.63, 3.8) is 0 Å².